The second-order valence-corrected chi connectivity index (χ2v) is 5.43. The van der Waals surface area contributed by atoms with Crippen LogP contribution < -0.4 is 10.6 Å². The van der Waals surface area contributed by atoms with Crippen molar-refractivity contribution in [1.82, 2.24) is 19.1 Å². The molecule has 1 aliphatic rings. The molecule has 0 unspecified atom stereocenters. The standard InChI is InChI=1S/C19H22ClN5O/c20-16-5-3-6-17(15-16)23-13-11-22(12-14-23)8-4-10-25-19(26)24-9-2-1-7-18(24)21-25/h1-3,5-7,9,15H,4,8,10-14H2/i1D,2D,3D,4D2,5D,6D,7D,9D,10D2,11D2,12D2,15D. The molecule has 7 heteroatoms. The molecule has 26 heavy (non-hydrogen) atoms. The minimum Gasteiger partial charge on any atom is -0.369 e. The summed E-state index contributed by atoms with van der Waals surface area (Å²) in [5.74, 6) is 0. The van der Waals surface area contributed by atoms with Crippen LogP contribution in [0.15, 0.2) is 53.3 Å². The third-order valence-corrected chi connectivity index (χ3v) is 3.60. The van der Waals surface area contributed by atoms with Crippen LogP contribution in [-0.2, 0) is 6.50 Å². The highest BCUT2D eigenvalue weighted by molar-refractivity contribution is 6.30. The van der Waals surface area contributed by atoms with Crippen molar-refractivity contribution in [2.45, 2.75) is 12.9 Å². The maximum Gasteiger partial charge on any atom is 0.350 e. The van der Waals surface area contributed by atoms with Crippen molar-refractivity contribution in [2.24, 2.45) is 0 Å². The van der Waals surface area contributed by atoms with Gasteiger partial charge in [-0.25, -0.2) is 9.48 Å². The monoisotopic (exact) mass is 387 g/mol. The molecule has 1 aliphatic heterocycles. The zero-order valence-corrected chi connectivity index (χ0v) is 13.9. The number of piperazine rings is 1. The van der Waals surface area contributed by atoms with Crippen molar-refractivity contribution in [3.05, 3.63) is 64.0 Å². The summed E-state index contributed by atoms with van der Waals surface area (Å²) < 4.78 is 132. The highest BCUT2D eigenvalue weighted by atomic mass is 35.5. The molecule has 0 saturated carbocycles. The van der Waals surface area contributed by atoms with Crippen molar-refractivity contribution in [2.75, 3.05) is 37.5 Å². The van der Waals surface area contributed by atoms with Crippen molar-refractivity contribution in [3.8, 4) is 0 Å². The summed E-state index contributed by atoms with van der Waals surface area (Å²) in [5, 5.41) is 3.11. The van der Waals surface area contributed by atoms with E-state index in [1.807, 2.05) is 0 Å². The van der Waals surface area contributed by atoms with Crippen molar-refractivity contribution in [1.29, 1.82) is 0 Å². The van der Waals surface area contributed by atoms with Crippen LogP contribution in [0.25, 0.3) is 5.65 Å². The van der Waals surface area contributed by atoms with Crippen molar-refractivity contribution in [3.63, 3.8) is 0 Å². The molecule has 0 amide bonds. The lowest BCUT2D eigenvalue weighted by atomic mass is 10.2. The van der Waals surface area contributed by atoms with E-state index in [0.29, 0.717) is 9.30 Å². The Kier molecular flexibility index (Phi) is 1.93. The number of hydrogen-bond donors (Lipinski definition) is 0. The Labute approximate surface area is 179 Å². The molecular formula is C19H22ClN5O. The van der Waals surface area contributed by atoms with Crippen LogP contribution >= 0.6 is 11.6 Å². The van der Waals surface area contributed by atoms with Gasteiger partial charge in [-0.3, -0.25) is 9.30 Å². The van der Waals surface area contributed by atoms with Crippen LogP contribution in [0.5, 0.6) is 0 Å². The second-order valence-electron chi connectivity index (χ2n) is 5.05. The van der Waals surface area contributed by atoms with E-state index in [9.17, 15) is 4.79 Å². The molecule has 0 N–H and O–H groups in total. The molecule has 3 heterocycles. The zero-order chi connectivity index (χ0) is 32.1. The van der Waals surface area contributed by atoms with Crippen molar-refractivity contribution < 1.29 is 21.9 Å². The van der Waals surface area contributed by atoms with E-state index in [0.717, 1.165) is 4.90 Å². The van der Waals surface area contributed by atoms with Gasteiger partial charge in [-0.1, -0.05) is 23.7 Å². The third kappa shape index (κ3) is 3.61. The van der Waals surface area contributed by atoms with E-state index in [-0.39, 0.29) is 4.68 Å². The number of pyridine rings is 1. The fourth-order valence-corrected chi connectivity index (χ4v) is 2.31. The van der Waals surface area contributed by atoms with E-state index in [2.05, 4.69) is 5.10 Å². The average molecular weight is 388 g/mol. The number of fused-ring (bicyclic) bond motifs is 1. The first-order valence-electron chi connectivity index (χ1n) is 15.4. The fraction of sp³-hybridized carbons (Fsp3) is 0.368. The lowest BCUT2D eigenvalue weighted by molar-refractivity contribution is 0.248. The van der Waals surface area contributed by atoms with Gasteiger partial charge in [-0.2, -0.15) is 0 Å². The molecule has 4 rings (SSSR count). The van der Waals surface area contributed by atoms with E-state index in [1.54, 1.807) is 0 Å². The number of nitrogens with zero attached hydrogens (tertiary/aromatic N) is 5. The van der Waals surface area contributed by atoms with E-state index in [1.165, 1.54) is 0 Å². The molecule has 6 nitrogen and oxygen atoms in total. The molecule has 2 aromatic heterocycles. The third-order valence-electron chi connectivity index (χ3n) is 3.41. The molecule has 0 atom stereocenters. The first-order chi connectivity index (χ1) is 19.0. The predicted octanol–water partition coefficient (Wildman–Crippen LogP) is 2.36. The highest BCUT2D eigenvalue weighted by Crippen LogP contribution is 2.20. The van der Waals surface area contributed by atoms with Gasteiger partial charge in [0.05, 0.1) is 13.7 Å². The van der Waals surface area contributed by atoms with Gasteiger partial charge in [0.2, 0.25) is 0 Å². The Hall–Kier alpha value is -2.31. The van der Waals surface area contributed by atoms with Gasteiger partial charge in [0.1, 0.15) is 0 Å². The van der Waals surface area contributed by atoms with E-state index < -0.39 is 116 Å². The molecule has 0 bridgehead atoms. The zero-order valence-electron chi connectivity index (χ0n) is 29.1. The summed E-state index contributed by atoms with van der Waals surface area (Å²) in [6.45, 7) is -11.9. The van der Waals surface area contributed by atoms with Crippen molar-refractivity contribution >= 4 is 22.9 Å². The summed E-state index contributed by atoms with van der Waals surface area (Å²) in [7, 11) is 0. The van der Waals surface area contributed by atoms with E-state index in [4.69, 9.17) is 33.5 Å². The van der Waals surface area contributed by atoms with Crippen LogP contribution in [-0.4, -0.2) is 51.7 Å². The Morgan fingerprint density at radius 3 is 2.92 bits per heavy atom. The van der Waals surface area contributed by atoms with Gasteiger partial charge < -0.3 is 4.90 Å². The lowest BCUT2D eigenvalue weighted by Gasteiger charge is -2.36. The average Bonchev–Trinajstić information content (AvgIpc) is 3.23. The van der Waals surface area contributed by atoms with E-state index >= 15 is 0 Å². The van der Waals surface area contributed by atoms with Gasteiger partial charge in [-0.05, 0) is 36.6 Å². The van der Waals surface area contributed by atoms with Crippen LogP contribution in [0.1, 0.15) is 28.3 Å². The number of aromatic nitrogens is 3. The molecule has 1 saturated heterocycles. The minimum atomic E-state index is -3.44. The summed E-state index contributed by atoms with van der Waals surface area (Å²) >= 11 is 5.95. The molecule has 0 spiro atoms. The largest absolute Gasteiger partial charge is 0.369 e. The van der Waals surface area contributed by atoms with Gasteiger partial charge in [0.15, 0.2) is 5.65 Å². The molecular weight excluding hydrogens is 350 g/mol. The van der Waals surface area contributed by atoms with Gasteiger partial charge >= 0.3 is 5.69 Å². The minimum absolute atomic E-state index is 0.0302. The first-order valence-corrected chi connectivity index (χ1v) is 7.74. The number of benzene rings is 1. The predicted molar refractivity (Wildman–Crippen MR) is 104 cm³/mol. The van der Waals surface area contributed by atoms with Gasteiger partial charge in [0.25, 0.3) is 0 Å². The van der Waals surface area contributed by atoms with Gasteiger partial charge in [0, 0.05) is 64.2 Å². The molecule has 136 valence electrons. The maximum absolute atomic E-state index is 13.0. The second kappa shape index (κ2) is 7.51. The number of halogens is 1. The van der Waals surface area contributed by atoms with Crippen LogP contribution in [0.4, 0.5) is 5.69 Å². The first kappa shape index (κ1) is 6.69. The van der Waals surface area contributed by atoms with Crippen LogP contribution in [0.3, 0.4) is 0 Å². The molecule has 0 aliphatic carbocycles. The Bertz CT molecular complexity index is 1620. The fourth-order valence-electron chi connectivity index (χ4n) is 2.18. The Morgan fingerprint density at radius 1 is 1.23 bits per heavy atom. The lowest BCUT2D eigenvalue weighted by Crippen LogP contribution is -2.46. The summed E-state index contributed by atoms with van der Waals surface area (Å²) in [5.41, 5.74) is -2.55. The summed E-state index contributed by atoms with van der Waals surface area (Å²) in [6, 6.07) is -4.92. The molecule has 1 fully saturated rings. The molecule has 3 aromatic rings. The van der Waals surface area contributed by atoms with Crippen LogP contribution in [0, 0.1) is 0 Å². The Balaban J connectivity index is 1.75. The molecule has 1 aromatic carbocycles. The van der Waals surface area contributed by atoms with Crippen LogP contribution in [0.2, 0.25) is 5.02 Å². The molecule has 0 radical (unpaired) electrons. The topological polar surface area (TPSA) is 45.8 Å². The number of anilines is 1. The Morgan fingerprint density at radius 2 is 2.08 bits per heavy atom. The number of rotatable bonds is 5. The maximum atomic E-state index is 13.0. The SMILES string of the molecule is [2H]c1c([2H])c(Cl)c([2H])c(N2CC([2H])([2H])N(CC([2H])([2H])C([2H])([2H])n3nc4c([2H])c([2H])c([2H])c([2H])n4c3=O)C([2H])([2H])C2)c1[2H]. The number of aryl methyl sites for hydroxylation is 1. The summed E-state index contributed by atoms with van der Waals surface area (Å²) in [6.07, 6.45) is -4.17. The smallest absolute Gasteiger partial charge is 0.350 e. The highest BCUT2D eigenvalue weighted by Gasteiger charge is 2.17. The van der Waals surface area contributed by atoms with Gasteiger partial charge in [-0.15, -0.1) is 5.10 Å². The quantitative estimate of drug-likeness (QED) is 0.674. The summed E-state index contributed by atoms with van der Waals surface area (Å²) in [4.78, 5) is 14.3. The normalized spacial score (nSPS) is 29.5. The number of hydrogen-bond acceptors (Lipinski definition) is 4.